The predicted molar refractivity (Wildman–Crippen MR) is 85.3 cm³/mol. The van der Waals surface area contributed by atoms with Gasteiger partial charge in [-0.25, -0.2) is 0 Å². The average molecular weight is 352 g/mol. The molecule has 0 unspecified atom stereocenters. The van der Waals surface area contributed by atoms with E-state index in [1.54, 1.807) is 12.1 Å². The molecule has 1 atom stereocenters. The fraction of sp³-hybridized carbons (Fsp3) is 0.133. The van der Waals surface area contributed by atoms with Crippen LogP contribution in [-0.2, 0) is 11.2 Å². The number of benzene rings is 2. The Morgan fingerprint density at radius 3 is 2.85 bits per heavy atom. The molecule has 0 fully saturated rings. The van der Waals surface area contributed by atoms with Gasteiger partial charge in [-0.15, -0.1) is 0 Å². The van der Waals surface area contributed by atoms with E-state index in [9.17, 15) is 4.79 Å². The Labute approximate surface area is 130 Å². The SMILES string of the molecule is O=C(Nc1ccc(Br)cc1Cl)[C@@H]1Cc2ccccc2N1. The van der Waals surface area contributed by atoms with Crippen LogP contribution in [0.2, 0.25) is 5.02 Å². The zero-order valence-electron chi connectivity index (χ0n) is 10.5. The lowest BCUT2D eigenvalue weighted by atomic mass is 10.1. The quantitative estimate of drug-likeness (QED) is 0.856. The number of rotatable bonds is 2. The normalized spacial score (nSPS) is 16.4. The smallest absolute Gasteiger partial charge is 0.247 e. The van der Waals surface area contributed by atoms with Gasteiger partial charge in [0.1, 0.15) is 6.04 Å². The third kappa shape index (κ3) is 2.67. The minimum absolute atomic E-state index is 0.0783. The number of carbonyl (C=O) groups is 1. The molecule has 2 N–H and O–H groups in total. The fourth-order valence-electron chi connectivity index (χ4n) is 2.27. The maximum Gasteiger partial charge on any atom is 0.247 e. The van der Waals surface area contributed by atoms with Crippen molar-refractivity contribution in [2.24, 2.45) is 0 Å². The summed E-state index contributed by atoms with van der Waals surface area (Å²) in [5.41, 5.74) is 2.81. The summed E-state index contributed by atoms with van der Waals surface area (Å²) in [6, 6.07) is 13.1. The number of para-hydroxylation sites is 1. The van der Waals surface area contributed by atoms with Gasteiger partial charge in [0, 0.05) is 16.6 Å². The van der Waals surface area contributed by atoms with Crippen LogP contribution < -0.4 is 10.6 Å². The molecular formula is C15H12BrClN2O. The third-order valence-corrected chi connectivity index (χ3v) is 4.08. The maximum absolute atomic E-state index is 12.3. The van der Waals surface area contributed by atoms with Gasteiger partial charge in [-0.1, -0.05) is 45.7 Å². The Hall–Kier alpha value is -1.52. The number of carbonyl (C=O) groups excluding carboxylic acids is 1. The second-order valence-electron chi connectivity index (χ2n) is 4.67. The predicted octanol–water partition coefficient (Wildman–Crippen LogP) is 4.08. The maximum atomic E-state index is 12.3. The summed E-state index contributed by atoms with van der Waals surface area (Å²) >= 11 is 9.44. The Kier molecular flexibility index (Phi) is 3.68. The van der Waals surface area contributed by atoms with Crippen LogP contribution in [0.5, 0.6) is 0 Å². The van der Waals surface area contributed by atoms with E-state index in [4.69, 9.17) is 11.6 Å². The monoisotopic (exact) mass is 350 g/mol. The van der Waals surface area contributed by atoms with E-state index in [0.29, 0.717) is 17.1 Å². The molecule has 3 rings (SSSR count). The molecule has 0 spiro atoms. The van der Waals surface area contributed by atoms with E-state index in [1.807, 2.05) is 30.3 Å². The van der Waals surface area contributed by atoms with Crippen LogP contribution in [0, 0.1) is 0 Å². The summed E-state index contributed by atoms with van der Waals surface area (Å²) in [6.45, 7) is 0. The number of anilines is 2. The first-order chi connectivity index (χ1) is 9.63. The van der Waals surface area contributed by atoms with Gasteiger partial charge in [-0.3, -0.25) is 4.79 Å². The number of hydrogen-bond donors (Lipinski definition) is 2. The first-order valence-electron chi connectivity index (χ1n) is 6.24. The Morgan fingerprint density at radius 2 is 2.10 bits per heavy atom. The molecule has 0 bridgehead atoms. The lowest BCUT2D eigenvalue weighted by Gasteiger charge is -2.13. The van der Waals surface area contributed by atoms with Crippen LogP contribution in [0.3, 0.4) is 0 Å². The van der Waals surface area contributed by atoms with Gasteiger partial charge < -0.3 is 10.6 Å². The van der Waals surface area contributed by atoms with Crippen molar-refractivity contribution in [3.05, 3.63) is 57.5 Å². The highest BCUT2D eigenvalue weighted by molar-refractivity contribution is 9.10. The molecule has 102 valence electrons. The molecule has 2 aromatic rings. The van der Waals surface area contributed by atoms with E-state index in [1.165, 1.54) is 0 Å². The first-order valence-corrected chi connectivity index (χ1v) is 7.41. The Bertz CT molecular complexity index is 650. The molecule has 0 radical (unpaired) electrons. The number of halogens is 2. The molecule has 1 aliphatic heterocycles. The highest BCUT2D eigenvalue weighted by Gasteiger charge is 2.26. The number of hydrogen-bond acceptors (Lipinski definition) is 2. The first kappa shape index (κ1) is 13.5. The fourth-order valence-corrected chi connectivity index (χ4v) is 2.99. The van der Waals surface area contributed by atoms with Gasteiger partial charge >= 0.3 is 0 Å². The summed E-state index contributed by atoms with van der Waals surface area (Å²) < 4.78 is 0.881. The molecule has 0 saturated heterocycles. The summed E-state index contributed by atoms with van der Waals surface area (Å²) in [6.07, 6.45) is 0.691. The van der Waals surface area contributed by atoms with Crippen molar-refractivity contribution in [2.45, 2.75) is 12.5 Å². The standard InChI is InChI=1S/C15H12BrClN2O/c16-10-5-6-13(11(17)8-10)19-15(20)14-7-9-3-1-2-4-12(9)18-14/h1-6,8,14,18H,7H2,(H,19,20)/t14-/m0/s1. The summed E-state index contributed by atoms with van der Waals surface area (Å²) in [5.74, 6) is -0.0783. The molecular weight excluding hydrogens is 340 g/mol. The largest absolute Gasteiger partial charge is 0.373 e. The molecule has 5 heteroatoms. The highest BCUT2D eigenvalue weighted by atomic mass is 79.9. The average Bonchev–Trinajstić information content (AvgIpc) is 2.86. The molecule has 0 aromatic heterocycles. The van der Waals surface area contributed by atoms with Crippen molar-refractivity contribution in [3.63, 3.8) is 0 Å². The molecule has 1 aliphatic rings. The zero-order valence-corrected chi connectivity index (χ0v) is 12.8. The van der Waals surface area contributed by atoms with Crippen molar-refractivity contribution in [1.29, 1.82) is 0 Å². The van der Waals surface area contributed by atoms with Crippen LogP contribution in [-0.4, -0.2) is 11.9 Å². The number of nitrogens with one attached hydrogen (secondary N) is 2. The van der Waals surface area contributed by atoms with E-state index < -0.39 is 0 Å². The second-order valence-corrected chi connectivity index (χ2v) is 5.99. The Balaban J connectivity index is 1.72. The summed E-state index contributed by atoms with van der Waals surface area (Å²) in [7, 11) is 0. The Morgan fingerprint density at radius 1 is 1.30 bits per heavy atom. The van der Waals surface area contributed by atoms with E-state index in [2.05, 4.69) is 26.6 Å². The van der Waals surface area contributed by atoms with E-state index >= 15 is 0 Å². The van der Waals surface area contributed by atoms with Gasteiger partial charge in [-0.2, -0.15) is 0 Å². The van der Waals surface area contributed by atoms with E-state index in [0.717, 1.165) is 15.7 Å². The lowest BCUT2D eigenvalue weighted by molar-refractivity contribution is -0.116. The topological polar surface area (TPSA) is 41.1 Å². The number of amides is 1. The lowest BCUT2D eigenvalue weighted by Crippen LogP contribution is -2.32. The van der Waals surface area contributed by atoms with Gasteiger partial charge in [-0.05, 0) is 29.8 Å². The van der Waals surface area contributed by atoms with Crippen molar-refractivity contribution in [3.8, 4) is 0 Å². The molecule has 3 nitrogen and oxygen atoms in total. The minimum Gasteiger partial charge on any atom is -0.373 e. The molecule has 20 heavy (non-hydrogen) atoms. The summed E-state index contributed by atoms with van der Waals surface area (Å²) in [5, 5.41) is 6.60. The van der Waals surface area contributed by atoms with Crippen LogP contribution in [0.4, 0.5) is 11.4 Å². The zero-order chi connectivity index (χ0) is 14.1. The van der Waals surface area contributed by atoms with Crippen LogP contribution >= 0.6 is 27.5 Å². The van der Waals surface area contributed by atoms with Crippen LogP contribution in [0.1, 0.15) is 5.56 Å². The van der Waals surface area contributed by atoms with Crippen LogP contribution in [0.25, 0.3) is 0 Å². The van der Waals surface area contributed by atoms with Crippen LogP contribution in [0.15, 0.2) is 46.9 Å². The van der Waals surface area contributed by atoms with Gasteiger partial charge in [0.25, 0.3) is 0 Å². The van der Waals surface area contributed by atoms with Gasteiger partial charge in [0.2, 0.25) is 5.91 Å². The molecule has 1 heterocycles. The summed E-state index contributed by atoms with van der Waals surface area (Å²) in [4.78, 5) is 12.3. The molecule has 0 aliphatic carbocycles. The third-order valence-electron chi connectivity index (χ3n) is 3.28. The highest BCUT2D eigenvalue weighted by Crippen LogP contribution is 2.28. The second kappa shape index (κ2) is 5.46. The van der Waals surface area contributed by atoms with Gasteiger partial charge in [0.05, 0.1) is 10.7 Å². The number of fused-ring (bicyclic) bond motifs is 1. The minimum atomic E-state index is -0.257. The van der Waals surface area contributed by atoms with Crippen molar-refractivity contribution >= 4 is 44.8 Å². The van der Waals surface area contributed by atoms with Gasteiger partial charge in [0.15, 0.2) is 0 Å². The van der Waals surface area contributed by atoms with Crippen molar-refractivity contribution in [1.82, 2.24) is 0 Å². The molecule has 0 saturated carbocycles. The molecule has 1 amide bonds. The molecule has 2 aromatic carbocycles. The van der Waals surface area contributed by atoms with Crippen molar-refractivity contribution in [2.75, 3.05) is 10.6 Å². The van der Waals surface area contributed by atoms with Crippen molar-refractivity contribution < 1.29 is 4.79 Å². The van der Waals surface area contributed by atoms with E-state index in [-0.39, 0.29) is 11.9 Å².